The number of benzene rings is 1. The maximum atomic E-state index is 12.5. The molecule has 2 aromatic rings. The summed E-state index contributed by atoms with van der Waals surface area (Å²) in [7, 11) is 1.62. The van der Waals surface area contributed by atoms with Gasteiger partial charge in [-0.2, -0.15) is 0 Å². The van der Waals surface area contributed by atoms with Crippen LogP contribution in [0.15, 0.2) is 42.6 Å². The number of pyridine rings is 1. The molecule has 1 aliphatic rings. The molecule has 1 atom stereocenters. The van der Waals surface area contributed by atoms with E-state index in [1.807, 2.05) is 30.3 Å². The van der Waals surface area contributed by atoms with Crippen LogP contribution in [0.3, 0.4) is 0 Å². The quantitative estimate of drug-likeness (QED) is 0.788. The second kappa shape index (κ2) is 9.40. The molecule has 1 amide bonds. The number of aromatic nitrogens is 1. The molecule has 5 heteroatoms. The summed E-state index contributed by atoms with van der Waals surface area (Å²) in [6, 6.07) is 11.3. The van der Waals surface area contributed by atoms with E-state index < -0.39 is 0 Å². The fourth-order valence-corrected chi connectivity index (χ4v) is 3.53. The molecule has 0 aliphatic heterocycles. The number of methoxy groups -OCH3 is 1. The van der Waals surface area contributed by atoms with Crippen molar-refractivity contribution in [3.05, 3.63) is 53.9 Å². The van der Waals surface area contributed by atoms with Gasteiger partial charge >= 0.3 is 0 Å². The minimum atomic E-state index is -0.0548. The van der Waals surface area contributed by atoms with Gasteiger partial charge in [-0.05, 0) is 49.9 Å². The van der Waals surface area contributed by atoms with Gasteiger partial charge in [0.2, 0.25) is 0 Å². The average molecular weight is 368 g/mol. The Bertz CT molecular complexity index is 739. The lowest BCUT2D eigenvalue weighted by molar-refractivity contribution is 0.0919. The van der Waals surface area contributed by atoms with E-state index in [-0.39, 0.29) is 11.9 Å². The van der Waals surface area contributed by atoms with Crippen molar-refractivity contribution in [2.24, 2.45) is 5.92 Å². The average Bonchev–Trinajstić information content (AvgIpc) is 2.73. The third kappa shape index (κ3) is 5.46. The van der Waals surface area contributed by atoms with E-state index in [4.69, 9.17) is 9.47 Å². The van der Waals surface area contributed by atoms with Gasteiger partial charge in [-0.25, -0.2) is 0 Å². The van der Waals surface area contributed by atoms with Crippen molar-refractivity contribution in [1.29, 1.82) is 0 Å². The minimum absolute atomic E-state index is 0.0548. The van der Waals surface area contributed by atoms with Crippen LogP contribution in [0.1, 0.15) is 55.1 Å². The van der Waals surface area contributed by atoms with Crippen molar-refractivity contribution in [2.75, 3.05) is 7.11 Å². The number of hydrogen-bond donors (Lipinski definition) is 1. The number of hydrogen-bond acceptors (Lipinski definition) is 4. The summed E-state index contributed by atoms with van der Waals surface area (Å²) in [5.74, 6) is 2.01. The SMILES string of the molecule is COc1cccc(OCc2ccc(C(=O)NC(C)C3CCCCC3)cn2)c1. The zero-order chi connectivity index (χ0) is 19.1. The second-order valence-electron chi connectivity index (χ2n) is 7.17. The smallest absolute Gasteiger partial charge is 0.253 e. The van der Waals surface area contributed by atoms with Gasteiger partial charge in [0.15, 0.2) is 0 Å². The van der Waals surface area contributed by atoms with E-state index in [2.05, 4.69) is 17.2 Å². The molecule has 1 unspecified atom stereocenters. The molecule has 3 rings (SSSR count). The first-order valence-electron chi connectivity index (χ1n) is 9.68. The molecule has 0 spiro atoms. The predicted octanol–water partition coefficient (Wildman–Crippen LogP) is 4.37. The highest BCUT2D eigenvalue weighted by molar-refractivity contribution is 5.94. The van der Waals surface area contributed by atoms with Gasteiger partial charge < -0.3 is 14.8 Å². The summed E-state index contributed by atoms with van der Waals surface area (Å²) < 4.78 is 10.9. The molecule has 1 heterocycles. The van der Waals surface area contributed by atoms with Crippen LogP contribution in [-0.2, 0) is 6.61 Å². The Labute approximate surface area is 161 Å². The monoisotopic (exact) mass is 368 g/mol. The Kier molecular flexibility index (Phi) is 6.69. The molecule has 5 nitrogen and oxygen atoms in total. The van der Waals surface area contributed by atoms with Crippen LogP contribution in [0, 0.1) is 5.92 Å². The van der Waals surface area contributed by atoms with Crippen LogP contribution >= 0.6 is 0 Å². The van der Waals surface area contributed by atoms with E-state index in [0.29, 0.717) is 18.1 Å². The van der Waals surface area contributed by atoms with Gasteiger partial charge in [0, 0.05) is 18.3 Å². The van der Waals surface area contributed by atoms with Gasteiger partial charge in [-0.15, -0.1) is 0 Å². The Morgan fingerprint density at radius 1 is 1.19 bits per heavy atom. The van der Waals surface area contributed by atoms with E-state index >= 15 is 0 Å². The molecule has 1 saturated carbocycles. The Morgan fingerprint density at radius 2 is 1.96 bits per heavy atom. The molecule has 1 aliphatic carbocycles. The second-order valence-corrected chi connectivity index (χ2v) is 7.17. The van der Waals surface area contributed by atoms with Crippen molar-refractivity contribution in [1.82, 2.24) is 10.3 Å². The maximum absolute atomic E-state index is 12.5. The van der Waals surface area contributed by atoms with Gasteiger partial charge in [0.25, 0.3) is 5.91 Å². The Balaban J connectivity index is 1.52. The van der Waals surface area contributed by atoms with Crippen molar-refractivity contribution < 1.29 is 14.3 Å². The van der Waals surface area contributed by atoms with Crippen LogP contribution < -0.4 is 14.8 Å². The molecule has 27 heavy (non-hydrogen) atoms. The van der Waals surface area contributed by atoms with Gasteiger partial charge in [0.05, 0.1) is 18.4 Å². The van der Waals surface area contributed by atoms with Gasteiger partial charge in [-0.3, -0.25) is 9.78 Å². The minimum Gasteiger partial charge on any atom is -0.497 e. The van der Waals surface area contributed by atoms with Crippen molar-refractivity contribution >= 4 is 5.91 Å². The topological polar surface area (TPSA) is 60.5 Å². The summed E-state index contributed by atoms with van der Waals surface area (Å²) in [5.41, 5.74) is 1.36. The van der Waals surface area contributed by atoms with Crippen molar-refractivity contribution in [3.63, 3.8) is 0 Å². The van der Waals surface area contributed by atoms with Crippen molar-refractivity contribution in [2.45, 2.75) is 51.7 Å². The molecular weight excluding hydrogens is 340 g/mol. The lowest BCUT2D eigenvalue weighted by atomic mass is 9.84. The van der Waals surface area contributed by atoms with Crippen LogP contribution in [-0.4, -0.2) is 24.0 Å². The summed E-state index contributed by atoms with van der Waals surface area (Å²) >= 11 is 0. The summed E-state index contributed by atoms with van der Waals surface area (Å²) in [4.78, 5) is 16.8. The van der Waals surface area contributed by atoms with E-state index in [1.165, 1.54) is 32.1 Å². The zero-order valence-electron chi connectivity index (χ0n) is 16.1. The van der Waals surface area contributed by atoms with Crippen LogP contribution in [0.2, 0.25) is 0 Å². The fraction of sp³-hybridized carbons (Fsp3) is 0.455. The molecule has 0 saturated heterocycles. The number of ether oxygens (including phenoxy) is 2. The molecule has 1 aromatic carbocycles. The Hall–Kier alpha value is -2.56. The number of nitrogens with one attached hydrogen (secondary N) is 1. The highest BCUT2D eigenvalue weighted by atomic mass is 16.5. The lowest BCUT2D eigenvalue weighted by Crippen LogP contribution is -2.38. The summed E-state index contributed by atoms with van der Waals surface area (Å²) in [6.45, 7) is 2.45. The maximum Gasteiger partial charge on any atom is 0.253 e. The first kappa shape index (κ1) is 19.2. The molecule has 144 valence electrons. The van der Waals surface area contributed by atoms with Gasteiger partial charge in [0.1, 0.15) is 18.1 Å². The summed E-state index contributed by atoms with van der Waals surface area (Å²) in [5, 5.41) is 3.13. The fourth-order valence-electron chi connectivity index (χ4n) is 3.53. The normalized spacial score (nSPS) is 15.8. The summed E-state index contributed by atoms with van der Waals surface area (Å²) in [6.07, 6.45) is 7.90. The number of carbonyl (C=O) groups is 1. The molecule has 1 fully saturated rings. The third-order valence-corrected chi connectivity index (χ3v) is 5.23. The lowest BCUT2D eigenvalue weighted by Gasteiger charge is -2.28. The molecule has 1 aromatic heterocycles. The van der Waals surface area contributed by atoms with Crippen molar-refractivity contribution in [3.8, 4) is 11.5 Å². The molecule has 0 bridgehead atoms. The predicted molar refractivity (Wildman–Crippen MR) is 105 cm³/mol. The van der Waals surface area contributed by atoms with E-state index in [1.54, 1.807) is 19.4 Å². The standard InChI is InChI=1S/C22H28N2O3/c1-16(17-7-4-3-5-8-17)24-22(25)18-11-12-19(23-14-18)15-27-21-10-6-9-20(13-21)26-2/h6,9-14,16-17H,3-5,7-8,15H2,1-2H3,(H,24,25). The number of nitrogens with zero attached hydrogens (tertiary/aromatic N) is 1. The Morgan fingerprint density at radius 3 is 2.67 bits per heavy atom. The highest BCUT2D eigenvalue weighted by Crippen LogP contribution is 2.26. The number of amides is 1. The van der Waals surface area contributed by atoms with Crippen LogP contribution in [0.25, 0.3) is 0 Å². The third-order valence-electron chi connectivity index (χ3n) is 5.23. The largest absolute Gasteiger partial charge is 0.497 e. The van der Waals surface area contributed by atoms with E-state index in [9.17, 15) is 4.79 Å². The number of rotatable bonds is 7. The van der Waals surface area contributed by atoms with Crippen LogP contribution in [0.4, 0.5) is 0 Å². The highest BCUT2D eigenvalue weighted by Gasteiger charge is 2.21. The zero-order valence-corrected chi connectivity index (χ0v) is 16.1. The van der Waals surface area contributed by atoms with Crippen LogP contribution in [0.5, 0.6) is 11.5 Å². The van der Waals surface area contributed by atoms with E-state index in [0.717, 1.165) is 17.2 Å². The van der Waals surface area contributed by atoms with Gasteiger partial charge in [-0.1, -0.05) is 25.3 Å². The molecule has 1 N–H and O–H groups in total. The molecular formula is C22H28N2O3. The molecule has 0 radical (unpaired) electrons. The first-order valence-corrected chi connectivity index (χ1v) is 9.68. The first-order chi connectivity index (χ1) is 13.2. The number of carbonyl (C=O) groups excluding carboxylic acids is 1.